The van der Waals surface area contributed by atoms with Crippen molar-refractivity contribution in [2.75, 3.05) is 32.3 Å². The molecule has 1 N–H and O–H groups in total. The Morgan fingerprint density at radius 3 is 2.69 bits per heavy atom. The third-order valence-corrected chi connectivity index (χ3v) is 6.93. The summed E-state index contributed by atoms with van der Waals surface area (Å²) >= 11 is 12.4. The number of carbonyl (C=O) groups is 1. The van der Waals surface area contributed by atoms with Crippen molar-refractivity contribution < 1.29 is 23.4 Å². The minimum absolute atomic E-state index is 0.296. The van der Waals surface area contributed by atoms with E-state index in [0.29, 0.717) is 46.2 Å². The van der Waals surface area contributed by atoms with Crippen LogP contribution in [0.3, 0.4) is 0 Å². The van der Waals surface area contributed by atoms with Crippen molar-refractivity contribution in [3.63, 3.8) is 0 Å². The zero-order valence-corrected chi connectivity index (χ0v) is 22.9. The number of ether oxygens (including phenoxy) is 3. The monoisotopic (exact) mass is 563 g/mol. The van der Waals surface area contributed by atoms with E-state index < -0.39 is 5.97 Å². The van der Waals surface area contributed by atoms with E-state index in [1.165, 1.54) is 7.11 Å². The van der Waals surface area contributed by atoms with E-state index in [9.17, 15) is 4.79 Å². The average Bonchev–Trinajstić information content (AvgIpc) is 3.59. The van der Waals surface area contributed by atoms with Gasteiger partial charge in [0.1, 0.15) is 29.9 Å². The third kappa shape index (κ3) is 5.61. The van der Waals surface area contributed by atoms with Crippen LogP contribution in [0.2, 0.25) is 5.02 Å². The highest BCUT2D eigenvalue weighted by Gasteiger charge is 2.42. The number of carbonyl (C=O) groups excluding carboxylic acids is 1. The second kappa shape index (κ2) is 11.9. The van der Waals surface area contributed by atoms with Crippen molar-refractivity contribution >= 4 is 40.6 Å². The Morgan fingerprint density at radius 2 is 1.95 bits per heavy atom. The number of anilines is 1. The molecule has 39 heavy (non-hydrogen) atoms. The zero-order chi connectivity index (χ0) is 27.4. The number of pyridine rings is 1. The molecule has 2 aromatic heterocycles. The van der Waals surface area contributed by atoms with E-state index in [-0.39, 0.29) is 12.1 Å². The van der Waals surface area contributed by atoms with Gasteiger partial charge in [0.05, 0.1) is 36.0 Å². The van der Waals surface area contributed by atoms with Gasteiger partial charge in [-0.1, -0.05) is 29.8 Å². The molecule has 1 aliphatic rings. The van der Waals surface area contributed by atoms with Crippen molar-refractivity contribution in [1.29, 1.82) is 0 Å². The van der Waals surface area contributed by atoms with E-state index in [1.807, 2.05) is 59.5 Å². The second-order valence-electron chi connectivity index (χ2n) is 8.73. The van der Waals surface area contributed by atoms with Crippen LogP contribution in [-0.2, 0) is 9.47 Å². The standard InChI is InChI=1S/C29H26ClN3O5S/c1-35-14-15-37-24-10-9-20(17-21(24)30)33-27(26(32-29(33)39)22-8-3-4-13-31-22)25-12-11-23(38-25)18-6-5-7-19(16-18)28(34)36-2/h3-13,16-17,26-27H,14-15H2,1-2H3,(H,32,39)/t26-,27+/m0/s1. The van der Waals surface area contributed by atoms with Crippen molar-refractivity contribution in [2.24, 2.45) is 0 Å². The van der Waals surface area contributed by atoms with Gasteiger partial charge in [0.2, 0.25) is 0 Å². The fourth-order valence-corrected chi connectivity index (χ4v) is 5.07. The molecule has 0 aliphatic carbocycles. The van der Waals surface area contributed by atoms with Gasteiger partial charge in [-0.15, -0.1) is 0 Å². The Hall–Kier alpha value is -3.92. The van der Waals surface area contributed by atoms with Gasteiger partial charge in [-0.05, 0) is 66.8 Å². The number of nitrogens with one attached hydrogen (secondary N) is 1. The molecule has 2 atom stereocenters. The van der Waals surface area contributed by atoms with Crippen LogP contribution < -0.4 is 15.0 Å². The molecule has 10 heteroatoms. The highest BCUT2D eigenvalue weighted by Crippen LogP contribution is 2.44. The minimum Gasteiger partial charge on any atom is -0.490 e. The Balaban J connectivity index is 1.53. The highest BCUT2D eigenvalue weighted by atomic mass is 35.5. The number of aromatic nitrogens is 1. The van der Waals surface area contributed by atoms with Gasteiger partial charge in [-0.3, -0.25) is 4.98 Å². The smallest absolute Gasteiger partial charge is 0.337 e. The van der Waals surface area contributed by atoms with Crippen LogP contribution in [0.4, 0.5) is 5.69 Å². The summed E-state index contributed by atoms with van der Waals surface area (Å²) in [5.41, 5.74) is 2.76. The lowest BCUT2D eigenvalue weighted by Gasteiger charge is -2.26. The summed E-state index contributed by atoms with van der Waals surface area (Å²) in [5.74, 6) is 1.40. The van der Waals surface area contributed by atoms with E-state index in [0.717, 1.165) is 16.9 Å². The molecule has 1 saturated heterocycles. The maximum absolute atomic E-state index is 12.1. The average molecular weight is 564 g/mol. The number of furan rings is 1. The Labute approximate surface area is 236 Å². The Morgan fingerprint density at radius 1 is 1.08 bits per heavy atom. The molecule has 5 rings (SSSR count). The van der Waals surface area contributed by atoms with Crippen LogP contribution in [0.25, 0.3) is 11.3 Å². The fourth-order valence-electron chi connectivity index (χ4n) is 4.50. The summed E-state index contributed by atoms with van der Waals surface area (Å²) in [6.07, 6.45) is 1.74. The number of thiocarbonyl (C=S) groups is 1. The molecule has 0 radical (unpaired) electrons. The number of nitrogens with zero attached hydrogens (tertiary/aromatic N) is 2. The quantitative estimate of drug-likeness (QED) is 0.150. The van der Waals surface area contributed by atoms with E-state index in [4.69, 9.17) is 42.4 Å². The van der Waals surface area contributed by atoms with Gasteiger partial charge in [0, 0.05) is 24.6 Å². The number of esters is 1. The van der Waals surface area contributed by atoms with Gasteiger partial charge in [-0.25, -0.2) is 4.79 Å². The van der Waals surface area contributed by atoms with Crippen molar-refractivity contribution in [1.82, 2.24) is 10.3 Å². The number of halogens is 1. The summed E-state index contributed by atoms with van der Waals surface area (Å²) < 4.78 is 22.0. The molecule has 1 aliphatic heterocycles. The van der Waals surface area contributed by atoms with Crippen molar-refractivity contribution in [3.8, 4) is 17.1 Å². The lowest BCUT2D eigenvalue weighted by Crippen LogP contribution is -2.29. The number of hydrogen-bond donors (Lipinski definition) is 1. The van der Waals surface area contributed by atoms with Crippen LogP contribution in [-0.4, -0.2) is 43.5 Å². The summed E-state index contributed by atoms with van der Waals surface area (Å²) in [6.45, 7) is 0.839. The second-order valence-corrected chi connectivity index (χ2v) is 9.52. The first kappa shape index (κ1) is 26.7. The molecule has 0 saturated carbocycles. The highest BCUT2D eigenvalue weighted by molar-refractivity contribution is 7.80. The molecule has 3 heterocycles. The fraction of sp³-hybridized carbons (Fsp3) is 0.207. The predicted octanol–water partition coefficient (Wildman–Crippen LogP) is 5.98. The number of benzene rings is 2. The minimum atomic E-state index is -0.415. The lowest BCUT2D eigenvalue weighted by molar-refractivity contribution is 0.0601. The molecular weight excluding hydrogens is 538 g/mol. The van der Waals surface area contributed by atoms with Gasteiger partial charge in [-0.2, -0.15) is 0 Å². The number of methoxy groups -OCH3 is 2. The van der Waals surface area contributed by atoms with E-state index in [1.54, 1.807) is 31.5 Å². The molecular formula is C29H26ClN3O5S. The van der Waals surface area contributed by atoms with Crippen molar-refractivity contribution in [2.45, 2.75) is 12.1 Å². The Bertz CT molecular complexity index is 1480. The summed E-state index contributed by atoms with van der Waals surface area (Å²) in [4.78, 5) is 18.6. The van der Waals surface area contributed by atoms with Crippen LogP contribution in [0, 0.1) is 0 Å². The molecule has 1 fully saturated rings. The van der Waals surface area contributed by atoms with Crippen molar-refractivity contribution in [3.05, 3.63) is 101 Å². The largest absolute Gasteiger partial charge is 0.490 e. The van der Waals surface area contributed by atoms with E-state index in [2.05, 4.69) is 10.3 Å². The number of rotatable bonds is 9. The first-order valence-corrected chi connectivity index (χ1v) is 13.0. The van der Waals surface area contributed by atoms with E-state index >= 15 is 0 Å². The van der Waals surface area contributed by atoms with Gasteiger partial charge >= 0.3 is 5.97 Å². The maximum atomic E-state index is 12.1. The van der Waals surface area contributed by atoms with Crippen LogP contribution in [0.5, 0.6) is 5.75 Å². The third-order valence-electron chi connectivity index (χ3n) is 6.32. The Kier molecular flexibility index (Phi) is 8.11. The summed E-state index contributed by atoms with van der Waals surface area (Å²) in [5, 5.41) is 4.36. The lowest BCUT2D eigenvalue weighted by atomic mass is 10.0. The molecule has 0 unspecified atom stereocenters. The van der Waals surface area contributed by atoms with Crippen LogP contribution >= 0.6 is 23.8 Å². The summed E-state index contributed by atoms with van der Waals surface area (Å²) in [7, 11) is 2.97. The zero-order valence-electron chi connectivity index (χ0n) is 21.3. The van der Waals surface area contributed by atoms with Gasteiger partial charge < -0.3 is 28.8 Å². The molecule has 200 valence electrons. The first-order chi connectivity index (χ1) is 19.0. The molecule has 0 bridgehead atoms. The predicted molar refractivity (Wildman–Crippen MR) is 152 cm³/mol. The normalized spacial score (nSPS) is 16.7. The SMILES string of the molecule is COCCOc1ccc(N2C(=S)N[C@@H](c3ccccn3)[C@H]2c2ccc(-c3cccc(C(=O)OC)c3)o2)cc1Cl. The van der Waals surface area contributed by atoms with Gasteiger partial charge in [0.15, 0.2) is 5.11 Å². The molecule has 4 aromatic rings. The molecule has 8 nitrogen and oxygen atoms in total. The molecule has 2 aromatic carbocycles. The maximum Gasteiger partial charge on any atom is 0.337 e. The molecule has 0 amide bonds. The van der Waals surface area contributed by atoms with Crippen LogP contribution in [0.1, 0.15) is 33.9 Å². The first-order valence-electron chi connectivity index (χ1n) is 12.2. The van der Waals surface area contributed by atoms with Gasteiger partial charge in [0.25, 0.3) is 0 Å². The number of hydrogen-bond acceptors (Lipinski definition) is 7. The topological polar surface area (TPSA) is 86.1 Å². The van der Waals surface area contributed by atoms with Crippen LogP contribution in [0.15, 0.2) is 83.4 Å². The summed E-state index contributed by atoms with van der Waals surface area (Å²) in [6, 6.07) is 21.5. The molecule has 0 spiro atoms.